The number of hydrogen-bond donors (Lipinski definition) is 2. The first kappa shape index (κ1) is 10.4. The zero-order valence-corrected chi connectivity index (χ0v) is 9.29. The number of amides is 1. The summed E-state index contributed by atoms with van der Waals surface area (Å²) in [4.78, 5) is 15.9. The zero-order chi connectivity index (χ0) is 12.4. The standard InChI is InChI=1S/C12H9N5O/c18-12(11-7-14-17-16-11)15-10-3-1-2-8-6-13-5-4-9(8)10/h1-7H,(H,15,18)(H,14,16,17). The lowest BCUT2D eigenvalue weighted by Gasteiger charge is -2.06. The molecule has 0 aliphatic rings. The molecule has 0 radical (unpaired) electrons. The van der Waals surface area contributed by atoms with Crippen molar-refractivity contribution < 1.29 is 4.79 Å². The van der Waals surface area contributed by atoms with Crippen LogP contribution in [0.4, 0.5) is 5.69 Å². The maximum absolute atomic E-state index is 11.9. The molecule has 6 heteroatoms. The van der Waals surface area contributed by atoms with Crippen molar-refractivity contribution in [2.24, 2.45) is 0 Å². The fourth-order valence-electron chi connectivity index (χ4n) is 1.73. The third-order valence-electron chi connectivity index (χ3n) is 2.58. The van der Waals surface area contributed by atoms with Gasteiger partial charge in [0.1, 0.15) is 0 Å². The zero-order valence-electron chi connectivity index (χ0n) is 9.29. The van der Waals surface area contributed by atoms with E-state index in [1.54, 1.807) is 12.4 Å². The maximum atomic E-state index is 11.9. The fraction of sp³-hybridized carbons (Fsp3) is 0. The van der Waals surface area contributed by atoms with Crippen molar-refractivity contribution in [1.82, 2.24) is 20.4 Å². The monoisotopic (exact) mass is 239 g/mol. The average Bonchev–Trinajstić information content (AvgIpc) is 2.93. The van der Waals surface area contributed by atoms with Gasteiger partial charge in [-0.05, 0) is 12.1 Å². The fourth-order valence-corrected chi connectivity index (χ4v) is 1.73. The lowest BCUT2D eigenvalue weighted by molar-refractivity contribution is 0.102. The Hall–Kier alpha value is -2.76. The van der Waals surface area contributed by atoms with Gasteiger partial charge in [0.2, 0.25) is 0 Å². The highest BCUT2D eigenvalue weighted by Crippen LogP contribution is 2.22. The summed E-state index contributed by atoms with van der Waals surface area (Å²) in [6.07, 6.45) is 4.82. The smallest absolute Gasteiger partial charge is 0.277 e. The van der Waals surface area contributed by atoms with Crippen LogP contribution in [0.1, 0.15) is 10.5 Å². The van der Waals surface area contributed by atoms with Gasteiger partial charge in [0.15, 0.2) is 5.69 Å². The van der Waals surface area contributed by atoms with E-state index in [1.807, 2.05) is 24.3 Å². The molecule has 0 unspecified atom stereocenters. The molecule has 2 N–H and O–H groups in total. The van der Waals surface area contributed by atoms with E-state index < -0.39 is 0 Å². The number of rotatable bonds is 2. The van der Waals surface area contributed by atoms with E-state index in [0.717, 1.165) is 16.5 Å². The van der Waals surface area contributed by atoms with Crippen LogP contribution in [0.3, 0.4) is 0 Å². The van der Waals surface area contributed by atoms with Crippen molar-refractivity contribution in [3.05, 3.63) is 48.5 Å². The lowest BCUT2D eigenvalue weighted by Crippen LogP contribution is -2.12. The van der Waals surface area contributed by atoms with E-state index in [0.29, 0.717) is 0 Å². The van der Waals surface area contributed by atoms with Crippen LogP contribution in [0.25, 0.3) is 10.8 Å². The minimum Gasteiger partial charge on any atom is -0.320 e. The van der Waals surface area contributed by atoms with Gasteiger partial charge in [-0.3, -0.25) is 9.78 Å². The normalized spacial score (nSPS) is 10.4. The van der Waals surface area contributed by atoms with Crippen molar-refractivity contribution in [1.29, 1.82) is 0 Å². The van der Waals surface area contributed by atoms with E-state index in [1.165, 1.54) is 6.20 Å². The summed E-state index contributed by atoms with van der Waals surface area (Å²) in [6.45, 7) is 0. The number of nitrogens with zero attached hydrogens (tertiary/aromatic N) is 3. The van der Waals surface area contributed by atoms with E-state index in [-0.39, 0.29) is 11.6 Å². The number of aromatic nitrogens is 4. The largest absolute Gasteiger partial charge is 0.320 e. The predicted molar refractivity (Wildman–Crippen MR) is 66.1 cm³/mol. The summed E-state index contributed by atoms with van der Waals surface area (Å²) in [6, 6.07) is 7.49. The van der Waals surface area contributed by atoms with Gasteiger partial charge in [0.05, 0.1) is 6.20 Å². The van der Waals surface area contributed by atoms with E-state index in [9.17, 15) is 4.79 Å². The van der Waals surface area contributed by atoms with Crippen LogP contribution in [0, 0.1) is 0 Å². The van der Waals surface area contributed by atoms with Crippen molar-refractivity contribution in [2.75, 3.05) is 5.32 Å². The third-order valence-corrected chi connectivity index (χ3v) is 2.58. The summed E-state index contributed by atoms with van der Waals surface area (Å²) in [5.41, 5.74) is 0.976. The summed E-state index contributed by atoms with van der Waals surface area (Å²) in [5, 5.41) is 14.4. The topological polar surface area (TPSA) is 83.6 Å². The van der Waals surface area contributed by atoms with Gasteiger partial charge in [-0.2, -0.15) is 15.4 Å². The predicted octanol–water partition coefficient (Wildman–Crippen LogP) is 1.61. The molecule has 6 nitrogen and oxygen atoms in total. The van der Waals surface area contributed by atoms with Crippen molar-refractivity contribution in [3.8, 4) is 0 Å². The second-order valence-electron chi connectivity index (χ2n) is 3.71. The van der Waals surface area contributed by atoms with Crippen LogP contribution in [0.5, 0.6) is 0 Å². The van der Waals surface area contributed by atoms with Gasteiger partial charge < -0.3 is 5.32 Å². The first-order valence-corrected chi connectivity index (χ1v) is 5.34. The van der Waals surface area contributed by atoms with Gasteiger partial charge in [-0.25, -0.2) is 0 Å². The summed E-state index contributed by atoms with van der Waals surface area (Å²) < 4.78 is 0. The number of fused-ring (bicyclic) bond motifs is 1. The molecule has 0 bridgehead atoms. The molecule has 0 fully saturated rings. The quantitative estimate of drug-likeness (QED) is 0.711. The molecule has 0 atom stereocenters. The molecule has 18 heavy (non-hydrogen) atoms. The number of nitrogens with one attached hydrogen (secondary N) is 2. The van der Waals surface area contributed by atoms with Crippen molar-refractivity contribution >= 4 is 22.4 Å². The summed E-state index contributed by atoms with van der Waals surface area (Å²) in [5.74, 6) is -0.298. The second kappa shape index (κ2) is 4.25. The molecule has 3 rings (SSSR count). The molecule has 0 saturated carbocycles. The highest BCUT2D eigenvalue weighted by atomic mass is 16.2. The number of carbonyl (C=O) groups excluding carboxylic acids is 1. The first-order chi connectivity index (χ1) is 8.84. The van der Waals surface area contributed by atoms with Crippen LogP contribution < -0.4 is 5.32 Å². The Morgan fingerprint density at radius 1 is 1.22 bits per heavy atom. The first-order valence-electron chi connectivity index (χ1n) is 5.34. The second-order valence-corrected chi connectivity index (χ2v) is 3.71. The van der Waals surface area contributed by atoms with E-state index in [4.69, 9.17) is 0 Å². The molecule has 0 spiro atoms. The molecule has 0 saturated heterocycles. The van der Waals surface area contributed by atoms with Crippen LogP contribution in [0.15, 0.2) is 42.9 Å². The van der Waals surface area contributed by atoms with Crippen molar-refractivity contribution in [2.45, 2.75) is 0 Å². The SMILES string of the molecule is O=C(Nc1cccc2cnccc12)c1cn[nH]n1. The van der Waals surface area contributed by atoms with Gasteiger partial charge in [-0.15, -0.1) is 0 Å². The van der Waals surface area contributed by atoms with Crippen LogP contribution >= 0.6 is 0 Å². The molecular formula is C12H9N5O. The minimum absolute atomic E-state index is 0.251. The summed E-state index contributed by atoms with van der Waals surface area (Å²) in [7, 11) is 0. The molecule has 88 valence electrons. The van der Waals surface area contributed by atoms with Crippen LogP contribution in [-0.4, -0.2) is 26.3 Å². The average molecular weight is 239 g/mol. The Morgan fingerprint density at radius 2 is 2.17 bits per heavy atom. The third kappa shape index (κ3) is 1.80. The van der Waals surface area contributed by atoms with Crippen molar-refractivity contribution in [3.63, 3.8) is 0 Å². The minimum atomic E-state index is -0.298. The Labute approximate surface area is 102 Å². The Kier molecular flexibility index (Phi) is 2.45. The number of aromatic amines is 1. The highest BCUT2D eigenvalue weighted by Gasteiger charge is 2.10. The molecule has 2 aromatic heterocycles. The maximum Gasteiger partial charge on any atom is 0.277 e. The molecule has 0 aliphatic carbocycles. The number of anilines is 1. The number of pyridine rings is 1. The van der Waals surface area contributed by atoms with Gasteiger partial charge in [-0.1, -0.05) is 12.1 Å². The van der Waals surface area contributed by atoms with Gasteiger partial charge >= 0.3 is 0 Å². The van der Waals surface area contributed by atoms with E-state index in [2.05, 4.69) is 25.7 Å². The van der Waals surface area contributed by atoms with Crippen LogP contribution in [-0.2, 0) is 0 Å². The summed E-state index contributed by atoms with van der Waals surface area (Å²) >= 11 is 0. The Balaban J connectivity index is 1.98. The Bertz CT molecular complexity index is 687. The van der Waals surface area contributed by atoms with Gasteiger partial charge in [0, 0.05) is 28.9 Å². The number of hydrogen-bond acceptors (Lipinski definition) is 4. The Morgan fingerprint density at radius 3 is 3.00 bits per heavy atom. The molecule has 3 aromatic rings. The van der Waals surface area contributed by atoms with Gasteiger partial charge in [0.25, 0.3) is 5.91 Å². The number of benzene rings is 1. The molecule has 2 heterocycles. The lowest BCUT2D eigenvalue weighted by atomic mass is 10.1. The molecule has 0 aliphatic heterocycles. The molecule has 1 amide bonds. The molecular weight excluding hydrogens is 230 g/mol. The molecule has 1 aromatic carbocycles. The van der Waals surface area contributed by atoms with E-state index >= 15 is 0 Å². The highest BCUT2D eigenvalue weighted by molar-refractivity contribution is 6.07. The van der Waals surface area contributed by atoms with Crippen LogP contribution in [0.2, 0.25) is 0 Å². The number of carbonyl (C=O) groups is 1. The number of H-pyrrole nitrogens is 1.